The van der Waals surface area contributed by atoms with Gasteiger partial charge in [-0.25, -0.2) is 4.98 Å². The van der Waals surface area contributed by atoms with Crippen molar-refractivity contribution in [2.24, 2.45) is 0 Å². The number of hydrogen-bond acceptors (Lipinski definition) is 5. The van der Waals surface area contributed by atoms with E-state index < -0.39 is 0 Å². The van der Waals surface area contributed by atoms with Crippen LogP contribution in [0.1, 0.15) is 5.69 Å². The van der Waals surface area contributed by atoms with Gasteiger partial charge in [-0.3, -0.25) is 10.1 Å². The zero-order valence-corrected chi connectivity index (χ0v) is 13.7. The summed E-state index contributed by atoms with van der Waals surface area (Å²) >= 11 is 1.39. The summed E-state index contributed by atoms with van der Waals surface area (Å²) in [4.78, 5) is 16.1. The molecule has 0 aliphatic carbocycles. The minimum atomic E-state index is -0.235. The van der Waals surface area contributed by atoms with Gasteiger partial charge >= 0.3 is 0 Å². The van der Waals surface area contributed by atoms with Gasteiger partial charge in [0.1, 0.15) is 16.9 Å². The second-order valence-corrected chi connectivity index (χ2v) is 6.25. The van der Waals surface area contributed by atoms with Crippen molar-refractivity contribution in [1.82, 2.24) is 4.98 Å². The van der Waals surface area contributed by atoms with E-state index in [4.69, 9.17) is 9.15 Å². The molecule has 2 aromatic heterocycles. The third-order valence-corrected chi connectivity index (χ3v) is 4.46. The third kappa shape index (κ3) is 2.83. The second kappa shape index (κ2) is 5.98. The number of aromatic nitrogens is 1. The maximum absolute atomic E-state index is 11.9. The number of aryl methyl sites for hydroxylation is 1. The first-order chi connectivity index (χ1) is 11.7. The van der Waals surface area contributed by atoms with E-state index in [9.17, 15) is 4.79 Å². The van der Waals surface area contributed by atoms with Crippen molar-refractivity contribution >= 4 is 44.3 Å². The van der Waals surface area contributed by atoms with Gasteiger partial charge in [0.2, 0.25) is 0 Å². The monoisotopic (exact) mass is 338 g/mol. The minimum absolute atomic E-state index is 0.0695. The molecule has 6 heteroatoms. The number of nitrogens with zero attached hydrogens (tertiary/aromatic N) is 1. The fourth-order valence-electron chi connectivity index (χ4n) is 2.51. The fraction of sp³-hybridized carbons (Fsp3) is 0.111. The number of thiazole rings is 1. The van der Waals surface area contributed by atoms with E-state index in [1.165, 1.54) is 11.3 Å². The molecule has 0 atom stereocenters. The number of para-hydroxylation sites is 1. The minimum Gasteiger partial charge on any atom is -0.484 e. The molecule has 0 saturated heterocycles. The first kappa shape index (κ1) is 14.7. The molecule has 5 nitrogen and oxygen atoms in total. The Labute approximate surface area is 141 Å². The molecule has 2 heterocycles. The fourth-order valence-corrected chi connectivity index (χ4v) is 3.21. The Morgan fingerprint density at radius 2 is 2.04 bits per heavy atom. The van der Waals surface area contributed by atoms with E-state index in [2.05, 4.69) is 10.3 Å². The van der Waals surface area contributed by atoms with Crippen LogP contribution in [0.5, 0.6) is 5.75 Å². The average molecular weight is 338 g/mol. The molecule has 0 saturated carbocycles. The van der Waals surface area contributed by atoms with Crippen LogP contribution in [-0.2, 0) is 4.79 Å². The molecule has 24 heavy (non-hydrogen) atoms. The van der Waals surface area contributed by atoms with Crippen LogP contribution in [0.25, 0.3) is 21.9 Å². The average Bonchev–Trinajstić information content (AvgIpc) is 3.16. The number of ether oxygens (including phenoxy) is 1. The van der Waals surface area contributed by atoms with Crippen LogP contribution in [0.3, 0.4) is 0 Å². The van der Waals surface area contributed by atoms with Gasteiger partial charge in [0, 0.05) is 16.2 Å². The number of hydrogen-bond donors (Lipinski definition) is 1. The zero-order chi connectivity index (χ0) is 16.5. The molecule has 120 valence electrons. The lowest BCUT2D eigenvalue weighted by atomic mass is 10.1. The Hall–Kier alpha value is -2.86. The Morgan fingerprint density at radius 3 is 2.88 bits per heavy atom. The number of nitrogens with one attached hydrogen (secondary N) is 1. The first-order valence-electron chi connectivity index (χ1n) is 7.45. The van der Waals surface area contributed by atoms with Crippen molar-refractivity contribution in [2.45, 2.75) is 6.92 Å². The number of amides is 1. The van der Waals surface area contributed by atoms with Crippen LogP contribution in [0, 0.1) is 6.92 Å². The molecular weight excluding hydrogens is 324 g/mol. The van der Waals surface area contributed by atoms with E-state index in [-0.39, 0.29) is 12.5 Å². The molecule has 4 aromatic rings. The summed E-state index contributed by atoms with van der Waals surface area (Å²) < 4.78 is 11.4. The highest BCUT2D eigenvalue weighted by Crippen LogP contribution is 2.31. The second-order valence-electron chi connectivity index (χ2n) is 5.39. The van der Waals surface area contributed by atoms with Crippen LogP contribution < -0.4 is 10.1 Å². The predicted molar refractivity (Wildman–Crippen MR) is 94.7 cm³/mol. The molecule has 0 aliphatic rings. The lowest BCUT2D eigenvalue weighted by Gasteiger charge is -2.05. The van der Waals surface area contributed by atoms with E-state index in [0.29, 0.717) is 10.9 Å². The van der Waals surface area contributed by atoms with Gasteiger partial charge in [0.05, 0.1) is 5.69 Å². The van der Waals surface area contributed by atoms with Gasteiger partial charge in [-0.15, -0.1) is 11.3 Å². The zero-order valence-electron chi connectivity index (χ0n) is 12.9. The highest BCUT2D eigenvalue weighted by atomic mass is 32.1. The van der Waals surface area contributed by atoms with Crippen molar-refractivity contribution in [3.8, 4) is 5.75 Å². The topological polar surface area (TPSA) is 64.4 Å². The number of benzene rings is 2. The van der Waals surface area contributed by atoms with Gasteiger partial charge in [0.25, 0.3) is 5.91 Å². The van der Waals surface area contributed by atoms with Gasteiger partial charge in [-0.1, -0.05) is 18.2 Å². The van der Waals surface area contributed by atoms with Gasteiger partial charge in [-0.2, -0.15) is 0 Å². The van der Waals surface area contributed by atoms with E-state index >= 15 is 0 Å². The Morgan fingerprint density at radius 1 is 1.21 bits per heavy atom. The summed E-state index contributed by atoms with van der Waals surface area (Å²) in [5.41, 5.74) is 2.52. The molecule has 0 aliphatic heterocycles. The van der Waals surface area contributed by atoms with Crippen LogP contribution in [-0.4, -0.2) is 17.5 Å². The summed E-state index contributed by atoms with van der Waals surface area (Å²) in [5.74, 6) is 0.390. The Bertz CT molecular complexity index is 1040. The maximum Gasteiger partial charge on any atom is 0.264 e. The van der Waals surface area contributed by atoms with E-state index in [0.717, 1.165) is 27.6 Å². The lowest BCUT2D eigenvalue weighted by Crippen LogP contribution is -2.20. The summed E-state index contributed by atoms with van der Waals surface area (Å²) in [6.45, 7) is 1.81. The highest BCUT2D eigenvalue weighted by molar-refractivity contribution is 7.13. The summed E-state index contributed by atoms with van der Waals surface area (Å²) in [6, 6.07) is 13.4. The van der Waals surface area contributed by atoms with Crippen LogP contribution in [0.2, 0.25) is 0 Å². The normalized spacial score (nSPS) is 11.0. The number of carbonyl (C=O) groups excluding carboxylic acids is 1. The first-order valence-corrected chi connectivity index (χ1v) is 8.33. The molecule has 2 aromatic carbocycles. The van der Waals surface area contributed by atoms with Crippen LogP contribution in [0.15, 0.2) is 52.3 Å². The van der Waals surface area contributed by atoms with E-state index in [1.807, 2.05) is 48.7 Å². The number of rotatable bonds is 4. The third-order valence-electron chi connectivity index (χ3n) is 3.58. The molecule has 1 amide bonds. The number of anilines is 1. The van der Waals surface area contributed by atoms with Crippen molar-refractivity contribution < 1.29 is 13.9 Å². The largest absolute Gasteiger partial charge is 0.484 e. The highest BCUT2D eigenvalue weighted by Gasteiger charge is 2.09. The smallest absolute Gasteiger partial charge is 0.264 e. The van der Waals surface area contributed by atoms with Crippen LogP contribution >= 0.6 is 11.3 Å². The van der Waals surface area contributed by atoms with Gasteiger partial charge < -0.3 is 9.15 Å². The molecule has 0 radical (unpaired) electrons. The molecule has 0 fully saturated rings. The van der Waals surface area contributed by atoms with Gasteiger partial charge in [-0.05, 0) is 31.2 Å². The molecule has 0 spiro atoms. The maximum atomic E-state index is 11.9. The number of furan rings is 1. The van der Waals surface area contributed by atoms with Gasteiger partial charge in [0.15, 0.2) is 11.7 Å². The van der Waals surface area contributed by atoms with E-state index in [1.54, 1.807) is 6.07 Å². The number of fused-ring (bicyclic) bond motifs is 3. The number of carbonyl (C=O) groups is 1. The van der Waals surface area contributed by atoms with Crippen LogP contribution in [0.4, 0.5) is 5.13 Å². The SMILES string of the molecule is Cc1csc(NC(=O)COc2ccc3oc4ccccc4c3c2)n1. The molecule has 0 bridgehead atoms. The Kier molecular flexibility index (Phi) is 3.66. The van der Waals surface area contributed by atoms with Crippen molar-refractivity contribution in [1.29, 1.82) is 0 Å². The standard InChI is InChI=1S/C18H14N2O3S/c1-11-10-24-18(19-11)20-17(21)9-22-12-6-7-16-14(8-12)13-4-2-3-5-15(13)23-16/h2-8,10H,9H2,1H3,(H,19,20,21). The predicted octanol–water partition coefficient (Wildman–Crippen LogP) is 4.37. The van der Waals surface area contributed by atoms with Crippen molar-refractivity contribution in [3.63, 3.8) is 0 Å². The van der Waals surface area contributed by atoms with Crippen molar-refractivity contribution in [3.05, 3.63) is 53.5 Å². The molecular formula is C18H14N2O3S. The summed E-state index contributed by atoms with van der Waals surface area (Å²) in [6.07, 6.45) is 0. The Balaban J connectivity index is 1.50. The summed E-state index contributed by atoms with van der Waals surface area (Å²) in [7, 11) is 0. The molecule has 0 unspecified atom stereocenters. The lowest BCUT2D eigenvalue weighted by molar-refractivity contribution is -0.118. The summed E-state index contributed by atoms with van der Waals surface area (Å²) in [5, 5.41) is 7.18. The molecule has 1 N–H and O–H groups in total. The molecule has 4 rings (SSSR count). The quantitative estimate of drug-likeness (QED) is 0.600. The van der Waals surface area contributed by atoms with Crippen molar-refractivity contribution in [2.75, 3.05) is 11.9 Å².